The molecule has 0 aromatic carbocycles. The number of aliphatic hydroxyl groups is 1. The van der Waals surface area contributed by atoms with Crippen molar-refractivity contribution < 1.29 is 5.11 Å². The van der Waals surface area contributed by atoms with E-state index in [-0.39, 0.29) is 12.1 Å². The Balaban J connectivity index is 2.28. The van der Waals surface area contributed by atoms with Crippen molar-refractivity contribution in [2.75, 3.05) is 0 Å². The Labute approximate surface area is 49.7 Å². The van der Waals surface area contributed by atoms with Crippen molar-refractivity contribution in [3.63, 3.8) is 0 Å². The van der Waals surface area contributed by atoms with Gasteiger partial charge in [-0.25, -0.2) is 0 Å². The SMILES string of the molecule is NC1CCC[CH]C1O. The molecular weight excluding hydrogens is 102 g/mol. The number of rotatable bonds is 0. The van der Waals surface area contributed by atoms with E-state index in [4.69, 9.17) is 10.8 Å². The molecule has 0 bridgehead atoms. The Morgan fingerprint density at radius 1 is 1.62 bits per heavy atom. The zero-order valence-electron chi connectivity index (χ0n) is 4.88. The Kier molecular flexibility index (Phi) is 1.86. The van der Waals surface area contributed by atoms with Gasteiger partial charge in [0.1, 0.15) is 0 Å². The third-order valence-electron chi connectivity index (χ3n) is 1.59. The molecule has 1 fully saturated rings. The van der Waals surface area contributed by atoms with Crippen LogP contribution >= 0.6 is 0 Å². The van der Waals surface area contributed by atoms with Gasteiger partial charge in [-0.15, -0.1) is 0 Å². The van der Waals surface area contributed by atoms with Crippen LogP contribution in [0.1, 0.15) is 19.3 Å². The molecule has 1 radical (unpaired) electrons. The lowest BCUT2D eigenvalue weighted by Crippen LogP contribution is -2.37. The smallest absolute Gasteiger partial charge is 0.0722 e. The lowest BCUT2D eigenvalue weighted by atomic mass is 9.94. The average molecular weight is 114 g/mol. The lowest BCUT2D eigenvalue weighted by molar-refractivity contribution is 0.151. The summed E-state index contributed by atoms with van der Waals surface area (Å²) in [6.45, 7) is 0. The van der Waals surface area contributed by atoms with E-state index in [2.05, 4.69) is 0 Å². The number of aliphatic hydroxyl groups excluding tert-OH is 1. The molecule has 1 rings (SSSR count). The fourth-order valence-electron chi connectivity index (χ4n) is 0.988. The number of nitrogens with two attached hydrogens (primary N) is 1. The second kappa shape index (κ2) is 2.46. The predicted molar refractivity (Wildman–Crippen MR) is 32.1 cm³/mol. The van der Waals surface area contributed by atoms with E-state index in [9.17, 15) is 0 Å². The molecule has 2 nitrogen and oxygen atoms in total. The first-order valence-electron chi connectivity index (χ1n) is 3.07. The highest BCUT2D eigenvalue weighted by Gasteiger charge is 2.18. The van der Waals surface area contributed by atoms with E-state index in [0.717, 1.165) is 19.3 Å². The highest BCUT2D eigenvalue weighted by molar-refractivity contribution is 4.89. The van der Waals surface area contributed by atoms with Gasteiger partial charge in [0.25, 0.3) is 0 Å². The topological polar surface area (TPSA) is 46.2 Å². The summed E-state index contributed by atoms with van der Waals surface area (Å²) in [5.74, 6) is 0. The summed E-state index contributed by atoms with van der Waals surface area (Å²) >= 11 is 0. The van der Waals surface area contributed by atoms with Crippen LogP contribution < -0.4 is 5.73 Å². The molecule has 0 amide bonds. The molecule has 1 saturated carbocycles. The van der Waals surface area contributed by atoms with Crippen molar-refractivity contribution in [3.05, 3.63) is 6.42 Å². The fourth-order valence-corrected chi connectivity index (χ4v) is 0.988. The minimum absolute atomic E-state index is 0.00347. The second-order valence-corrected chi connectivity index (χ2v) is 2.32. The van der Waals surface area contributed by atoms with E-state index in [1.54, 1.807) is 0 Å². The minimum Gasteiger partial charge on any atom is -0.391 e. The summed E-state index contributed by atoms with van der Waals surface area (Å²) in [5.41, 5.74) is 5.50. The minimum atomic E-state index is -0.344. The summed E-state index contributed by atoms with van der Waals surface area (Å²) in [6.07, 6.45) is 4.67. The molecule has 2 unspecified atom stereocenters. The molecule has 0 heterocycles. The maximum absolute atomic E-state index is 9.00. The maximum atomic E-state index is 9.00. The summed E-state index contributed by atoms with van der Waals surface area (Å²) < 4.78 is 0. The quantitative estimate of drug-likeness (QED) is 0.468. The molecule has 0 aromatic rings. The highest BCUT2D eigenvalue weighted by Crippen LogP contribution is 2.14. The van der Waals surface area contributed by atoms with E-state index in [1.807, 2.05) is 6.42 Å². The Hall–Kier alpha value is -0.0800. The number of hydrogen-bond donors (Lipinski definition) is 2. The van der Waals surface area contributed by atoms with E-state index < -0.39 is 0 Å². The van der Waals surface area contributed by atoms with Crippen LogP contribution in [-0.4, -0.2) is 17.3 Å². The predicted octanol–water partition coefficient (Wildman–Crippen LogP) is 0.0628. The molecule has 0 aromatic heterocycles. The second-order valence-electron chi connectivity index (χ2n) is 2.32. The molecule has 8 heavy (non-hydrogen) atoms. The van der Waals surface area contributed by atoms with Crippen LogP contribution in [0.25, 0.3) is 0 Å². The first-order valence-corrected chi connectivity index (χ1v) is 3.07. The van der Waals surface area contributed by atoms with Crippen LogP contribution in [0.4, 0.5) is 0 Å². The van der Waals surface area contributed by atoms with Crippen molar-refractivity contribution in [1.82, 2.24) is 0 Å². The Morgan fingerprint density at radius 2 is 2.38 bits per heavy atom. The third-order valence-corrected chi connectivity index (χ3v) is 1.59. The zero-order valence-corrected chi connectivity index (χ0v) is 4.88. The van der Waals surface area contributed by atoms with Gasteiger partial charge < -0.3 is 10.8 Å². The van der Waals surface area contributed by atoms with Gasteiger partial charge in [0.05, 0.1) is 6.10 Å². The standard InChI is InChI=1S/C6H12NO/c7-5-3-1-2-4-6(5)8/h4-6,8H,1-3,7H2. The molecule has 1 aliphatic carbocycles. The van der Waals surface area contributed by atoms with Crippen LogP contribution in [0.5, 0.6) is 0 Å². The molecule has 0 aliphatic heterocycles. The molecule has 0 spiro atoms. The third kappa shape index (κ3) is 1.20. The van der Waals surface area contributed by atoms with Gasteiger partial charge in [0.15, 0.2) is 0 Å². The molecule has 2 heteroatoms. The van der Waals surface area contributed by atoms with Gasteiger partial charge >= 0.3 is 0 Å². The van der Waals surface area contributed by atoms with Gasteiger partial charge in [0.2, 0.25) is 0 Å². The fraction of sp³-hybridized carbons (Fsp3) is 0.833. The van der Waals surface area contributed by atoms with E-state index >= 15 is 0 Å². The largest absolute Gasteiger partial charge is 0.391 e. The van der Waals surface area contributed by atoms with Gasteiger partial charge in [0, 0.05) is 6.04 Å². The molecule has 2 atom stereocenters. The highest BCUT2D eigenvalue weighted by atomic mass is 16.3. The van der Waals surface area contributed by atoms with Crippen molar-refractivity contribution in [1.29, 1.82) is 0 Å². The summed E-state index contributed by atoms with van der Waals surface area (Å²) in [7, 11) is 0. The first-order chi connectivity index (χ1) is 3.80. The maximum Gasteiger partial charge on any atom is 0.0722 e. The molecular formula is C6H12NO. The Morgan fingerprint density at radius 3 is 2.75 bits per heavy atom. The van der Waals surface area contributed by atoms with Gasteiger partial charge in [-0.1, -0.05) is 6.42 Å². The molecule has 47 valence electrons. The van der Waals surface area contributed by atoms with Crippen molar-refractivity contribution in [2.24, 2.45) is 5.73 Å². The van der Waals surface area contributed by atoms with Crippen LogP contribution in [0, 0.1) is 6.42 Å². The summed E-state index contributed by atoms with van der Waals surface area (Å²) in [5, 5.41) is 9.00. The van der Waals surface area contributed by atoms with Crippen LogP contribution in [0.3, 0.4) is 0 Å². The zero-order chi connectivity index (χ0) is 5.98. The van der Waals surface area contributed by atoms with E-state index in [0.29, 0.717) is 0 Å². The average Bonchev–Trinajstić information content (AvgIpc) is 1.77. The van der Waals surface area contributed by atoms with Crippen molar-refractivity contribution in [3.8, 4) is 0 Å². The lowest BCUT2D eigenvalue weighted by Gasteiger charge is -2.22. The summed E-state index contributed by atoms with van der Waals surface area (Å²) in [6, 6.07) is 0.00347. The van der Waals surface area contributed by atoms with Crippen LogP contribution in [-0.2, 0) is 0 Å². The summed E-state index contributed by atoms with van der Waals surface area (Å²) in [4.78, 5) is 0. The van der Waals surface area contributed by atoms with Gasteiger partial charge in [-0.05, 0) is 19.3 Å². The number of hydrogen-bond acceptors (Lipinski definition) is 2. The van der Waals surface area contributed by atoms with Crippen molar-refractivity contribution in [2.45, 2.75) is 31.4 Å². The van der Waals surface area contributed by atoms with Gasteiger partial charge in [-0.2, -0.15) is 0 Å². The van der Waals surface area contributed by atoms with Crippen molar-refractivity contribution >= 4 is 0 Å². The molecule has 1 aliphatic rings. The van der Waals surface area contributed by atoms with Gasteiger partial charge in [-0.3, -0.25) is 0 Å². The van der Waals surface area contributed by atoms with Crippen LogP contribution in [0.2, 0.25) is 0 Å². The Bertz CT molecular complexity index is 64.9. The molecule has 0 saturated heterocycles. The molecule has 3 N–H and O–H groups in total. The first kappa shape index (κ1) is 6.05. The monoisotopic (exact) mass is 114 g/mol. The van der Waals surface area contributed by atoms with E-state index in [1.165, 1.54) is 0 Å². The normalized spacial score (nSPS) is 39.8. The van der Waals surface area contributed by atoms with Crippen LogP contribution in [0.15, 0.2) is 0 Å².